The van der Waals surface area contributed by atoms with E-state index in [2.05, 4.69) is 52.6 Å². The Morgan fingerprint density at radius 2 is 1.76 bits per heavy atom. The van der Waals surface area contributed by atoms with Crippen molar-refractivity contribution < 1.29 is 14.4 Å². The second kappa shape index (κ2) is 11.5. The molecule has 8 atom stereocenters. The molecule has 1 aromatic heterocycles. The van der Waals surface area contributed by atoms with E-state index >= 15 is 0 Å². The molecule has 0 aliphatic heterocycles. The highest BCUT2D eigenvalue weighted by molar-refractivity contribution is 6.02. The van der Waals surface area contributed by atoms with E-state index < -0.39 is 5.41 Å². The average molecular weight is 614 g/mol. The Bertz CT molecular complexity index is 1490. The third kappa shape index (κ3) is 4.85. The highest BCUT2D eigenvalue weighted by Crippen LogP contribution is 2.69. The van der Waals surface area contributed by atoms with Crippen molar-refractivity contribution >= 4 is 17.5 Å². The molecule has 3 fully saturated rings. The average Bonchev–Trinajstić information content (AvgIpc) is 3.45. The summed E-state index contributed by atoms with van der Waals surface area (Å²) >= 11 is 0. The Balaban J connectivity index is 0.00000196. The number of allylic oxidation sites excluding steroid dienone is 4. The minimum absolute atomic E-state index is 0.0104. The number of ketones is 2. The van der Waals surface area contributed by atoms with Gasteiger partial charge in [-0.1, -0.05) is 74.0 Å². The summed E-state index contributed by atoms with van der Waals surface area (Å²) < 4.78 is 1.82. The monoisotopic (exact) mass is 613 g/mol. The molecule has 45 heavy (non-hydrogen) atoms. The van der Waals surface area contributed by atoms with Crippen LogP contribution < -0.4 is 0 Å². The smallest absolute Gasteiger partial charge is 0.238 e. The van der Waals surface area contributed by atoms with Gasteiger partial charge in [-0.15, -0.1) is 0 Å². The van der Waals surface area contributed by atoms with Crippen molar-refractivity contribution in [3.05, 3.63) is 41.5 Å². The van der Waals surface area contributed by atoms with E-state index in [1.807, 2.05) is 43.7 Å². The topological polar surface area (TPSA) is 92.8 Å². The molecule has 4 unspecified atom stereocenters. The Kier molecular flexibility index (Phi) is 8.55. The number of rotatable bonds is 3. The Labute approximate surface area is 271 Å². The van der Waals surface area contributed by atoms with Crippen LogP contribution in [0.4, 0.5) is 0 Å². The second-order valence-corrected chi connectivity index (χ2v) is 16.3. The number of aryl methyl sites for hydroxylation is 1. The molecule has 5 aliphatic carbocycles. The van der Waals surface area contributed by atoms with Gasteiger partial charge >= 0.3 is 0 Å². The zero-order valence-electron chi connectivity index (χ0n) is 29.3. The highest BCUT2D eigenvalue weighted by Gasteiger charge is 2.65. The van der Waals surface area contributed by atoms with Crippen molar-refractivity contribution in [2.24, 2.45) is 50.7 Å². The summed E-state index contributed by atoms with van der Waals surface area (Å²) in [6.07, 6.45) is 16.0. The fourth-order valence-electron chi connectivity index (χ4n) is 10.5. The first-order chi connectivity index (χ1) is 21.2. The van der Waals surface area contributed by atoms with Gasteiger partial charge in [0.25, 0.3) is 0 Å². The van der Waals surface area contributed by atoms with E-state index in [-0.39, 0.29) is 68.4 Å². The van der Waals surface area contributed by atoms with Gasteiger partial charge in [-0.05, 0) is 97.4 Å². The van der Waals surface area contributed by atoms with Crippen LogP contribution in [0.2, 0.25) is 0 Å². The molecule has 5 aliphatic rings. The molecule has 1 aromatic rings. The summed E-state index contributed by atoms with van der Waals surface area (Å²) in [6, 6.07) is 2.18. The number of carbonyl (C=O) groups is 3. The number of nitrogens with zero attached hydrogens (tertiary/aromatic N) is 3. The second-order valence-electron chi connectivity index (χ2n) is 16.3. The molecule has 0 amide bonds. The van der Waals surface area contributed by atoms with Gasteiger partial charge in [0.05, 0.1) is 11.0 Å². The molecule has 1 heterocycles. The third-order valence-corrected chi connectivity index (χ3v) is 13.8. The third-order valence-electron chi connectivity index (χ3n) is 13.8. The first-order valence-electron chi connectivity index (χ1n) is 17.7. The molecule has 0 saturated heterocycles. The molecule has 0 aromatic carbocycles. The van der Waals surface area contributed by atoms with Crippen LogP contribution in [0.3, 0.4) is 0 Å². The van der Waals surface area contributed by atoms with Gasteiger partial charge in [0.1, 0.15) is 11.9 Å². The first kappa shape index (κ1) is 33.6. The molecule has 6 rings (SSSR count). The van der Waals surface area contributed by atoms with Gasteiger partial charge < -0.3 is 0 Å². The maximum Gasteiger partial charge on any atom is 0.238 e. The van der Waals surface area contributed by atoms with Gasteiger partial charge in [0.2, 0.25) is 5.91 Å². The van der Waals surface area contributed by atoms with Gasteiger partial charge in [-0.25, -0.2) is 4.98 Å². The molecular weight excluding hydrogens is 558 g/mol. The van der Waals surface area contributed by atoms with Crippen molar-refractivity contribution in [1.82, 2.24) is 9.55 Å². The van der Waals surface area contributed by atoms with Crippen molar-refractivity contribution in [1.29, 1.82) is 5.26 Å². The van der Waals surface area contributed by atoms with Gasteiger partial charge in [0.15, 0.2) is 11.6 Å². The maximum absolute atomic E-state index is 14.6. The van der Waals surface area contributed by atoms with Gasteiger partial charge in [-0.3, -0.25) is 19.0 Å². The SMILES string of the molecule is CC.CCCc1nccn1C(=O)[C@@]12CCC3C(C(=O)C=C4C[C@@]5(C)C=C(C#N)C(=O)[C@H](C)C5(C)CC[C@]43C)C1CC(C)(C)CC2. The number of aromatic nitrogens is 2. The van der Waals surface area contributed by atoms with Crippen molar-refractivity contribution in [3.8, 4) is 6.07 Å². The zero-order valence-corrected chi connectivity index (χ0v) is 29.3. The molecule has 0 radical (unpaired) electrons. The van der Waals surface area contributed by atoms with Crippen molar-refractivity contribution in [2.45, 2.75) is 127 Å². The van der Waals surface area contributed by atoms with Crippen molar-refractivity contribution in [3.63, 3.8) is 0 Å². The van der Waals surface area contributed by atoms with Crippen LogP contribution in [0.1, 0.15) is 131 Å². The quantitative estimate of drug-likeness (QED) is 0.340. The fraction of sp³-hybridized carbons (Fsp3) is 0.718. The number of imidazole rings is 1. The summed E-state index contributed by atoms with van der Waals surface area (Å²) in [5, 5.41) is 9.81. The van der Waals surface area contributed by atoms with Gasteiger partial charge in [-0.2, -0.15) is 5.26 Å². The maximum atomic E-state index is 14.6. The molecule has 6 heteroatoms. The number of hydrogen-bond donors (Lipinski definition) is 0. The van der Waals surface area contributed by atoms with E-state index in [0.29, 0.717) is 6.42 Å². The normalized spacial score (nSPS) is 40.1. The lowest BCUT2D eigenvalue weighted by molar-refractivity contribution is -0.138. The van der Waals surface area contributed by atoms with Crippen LogP contribution >= 0.6 is 0 Å². The number of hydrogen-bond acceptors (Lipinski definition) is 5. The van der Waals surface area contributed by atoms with E-state index in [4.69, 9.17) is 0 Å². The molecule has 0 bridgehead atoms. The van der Waals surface area contributed by atoms with E-state index in [1.165, 1.54) is 5.57 Å². The fourth-order valence-corrected chi connectivity index (χ4v) is 10.5. The van der Waals surface area contributed by atoms with Gasteiger partial charge in [0, 0.05) is 30.7 Å². The van der Waals surface area contributed by atoms with E-state index in [9.17, 15) is 19.6 Å². The van der Waals surface area contributed by atoms with Crippen LogP contribution in [0, 0.1) is 62.1 Å². The molecule has 6 nitrogen and oxygen atoms in total. The molecule has 0 spiro atoms. The van der Waals surface area contributed by atoms with Crippen LogP contribution in [-0.4, -0.2) is 27.0 Å². The molecular formula is C39H55N3O3. The lowest BCUT2D eigenvalue weighted by Gasteiger charge is -2.60. The van der Waals surface area contributed by atoms with E-state index in [1.54, 1.807) is 6.20 Å². The Morgan fingerprint density at radius 3 is 2.42 bits per heavy atom. The minimum Gasteiger partial charge on any atom is -0.295 e. The van der Waals surface area contributed by atoms with E-state index in [0.717, 1.165) is 63.6 Å². The summed E-state index contributed by atoms with van der Waals surface area (Å²) in [6.45, 7) is 19.5. The number of Topliss-reactive ketones (excluding diaryl/α,β-unsaturated/α-hetero) is 1. The largest absolute Gasteiger partial charge is 0.295 e. The lowest BCUT2D eigenvalue weighted by Crippen LogP contribution is -2.59. The standard InChI is InChI=1S/C37H49N3O3.C2H6/c1-8-9-29-39-16-17-40(29)32(43)37-11-10-26-30(27(37)21-33(3,4)12-15-37)28(41)18-25-20-34(5)19-24(22-38)31(42)23(2)36(34,7)14-13-35(25,26)6;1-2/h16-19,23,26-27,30H,8-15,20-21H2,1-7H3;1-2H3/t23-,26?,27?,30?,34+,35+,36?,37+;/m0./s1. The zero-order chi connectivity index (χ0) is 33.2. The molecule has 3 saturated carbocycles. The summed E-state index contributed by atoms with van der Waals surface area (Å²) in [4.78, 5) is 46.9. The highest BCUT2D eigenvalue weighted by atomic mass is 16.2. The first-order valence-corrected chi connectivity index (χ1v) is 17.7. The summed E-state index contributed by atoms with van der Waals surface area (Å²) in [7, 11) is 0. The summed E-state index contributed by atoms with van der Waals surface area (Å²) in [5.41, 5.74) is 0.0844. The van der Waals surface area contributed by atoms with Crippen LogP contribution in [-0.2, 0) is 16.0 Å². The minimum atomic E-state index is -0.556. The molecule has 244 valence electrons. The van der Waals surface area contributed by atoms with Crippen molar-refractivity contribution in [2.75, 3.05) is 0 Å². The molecule has 0 N–H and O–H groups in total. The number of fused-ring (bicyclic) bond motifs is 6. The number of carbonyl (C=O) groups excluding carboxylic acids is 3. The van der Waals surface area contributed by atoms with Crippen LogP contribution in [0.5, 0.6) is 0 Å². The predicted molar refractivity (Wildman–Crippen MR) is 177 cm³/mol. The Morgan fingerprint density at radius 1 is 1.04 bits per heavy atom. The lowest BCUT2D eigenvalue weighted by atomic mass is 9.43. The van der Waals surface area contributed by atoms with Crippen LogP contribution in [0.25, 0.3) is 0 Å². The Hall–Kier alpha value is -2.81. The summed E-state index contributed by atoms with van der Waals surface area (Å²) in [5.74, 6) is 0.831. The predicted octanol–water partition coefficient (Wildman–Crippen LogP) is 8.72. The number of nitriles is 1. The van der Waals surface area contributed by atoms with Crippen LogP contribution in [0.15, 0.2) is 35.7 Å².